The summed E-state index contributed by atoms with van der Waals surface area (Å²) in [6, 6.07) is 13.7. The first-order chi connectivity index (χ1) is 16.5. The SMILES string of the molecule is O=C1C2CC(c3ccc(F)cc3)NN2C=CN1CCC(=O)N1CCN(c2cccc(Cl)c2)CC1. The minimum atomic E-state index is -0.337. The van der Waals surface area contributed by atoms with Crippen LogP contribution in [0.4, 0.5) is 10.1 Å². The third-order valence-corrected chi connectivity index (χ3v) is 6.95. The van der Waals surface area contributed by atoms with Crippen molar-refractivity contribution in [1.82, 2.24) is 20.2 Å². The van der Waals surface area contributed by atoms with Crippen LogP contribution in [-0.2, 0) is 9.59 Å². The lowest BCUT2D eigenvalue weighted by Gasteiger charge is -2.37. The fourth-order valence-corrected chi connectivity index (χ4v) is 4.98. The Labute approximate surface area is 203 Å². The van der Waals surface area contributed by atoms with Crippen LogP contribution in [0.2, 0.25) is 5.02 Å². The molecule has 3 heterocycles. The summed E-state index contributed by atoms with van der Waals surface area (Å²) in [5, 5.41) is 2.51. The van der Waals surface area contributed by atoms with Crippen LogP contribution < -0.4 is 10.3 Å². The molecule has 5 rings (SSSR count). The topological polar surface area (TPSA) is 59.1 Å². The monoisotopic (exact) mass is 483 g/mol. The number of nitrogens with one attached hydrogen (secondary N) is 1. The Morgan fingerprint density at radius 1 is 1.06 bits per heavy atom. The molecule has 7 nitrogen and oxygen atoms in total. The second kappa shape index (κ2) is 9.64. The predicted octanol–water partition coefficient (Wildman–Crippen LogP) is 3.15. The van der Waals surface area contributed by atoms with Gasteiger partial charge in [-0.1, -0.05) is 29.8 Å². The van der Waals surface area contributed by atoms with Gasteiger partial charge in [-0.05, 0) is 42.3 Å². The molecule has 0 saturated carbocycles. The highest BCUT2D eigenvalue weighted by Crippen LogP contribution is 2.31. The molecular weight excluding hydrogens is 457 g/mol. The lowest BCUT2D eigenvalue weighted by Crippen LogP contribution is -2.50. The summed E-state index contributed by atoms with van der Waals surface area (Å²) < 4.78 is 13.2. The van der Waals surface area contributed by atoms with Crippen molar-refractivity contribution in [2.75, 3.05) is 37.6 Å². The van der Waals surface area contributed by atoms with E-state index in [1.54, 1.807) is 23.2 Å². The van der Waals surface area contributed by atoms with Crippen molar-refractivity contribution in [3.05, 3.63) is 77.3 Å². The number of nitrogens with zero attached hydrogens (tertiary/aromatic N) is 4. The molecule has 3 aliphatic heterocycles. The molecule has 34 heavy (non-hydrogen) atoms. The molecule has 2 amide bonds. The second-order valence-electron chi connectivity index (χ2n) is 8.82. The summed E-state index contributed by atoms with van der Waals surface area (Å²) in [6.45, 7) is 3.15. The first-order valence-electron chi connectivity index (χ1n) is 11.5. The van der Waals surface area contributed by atoms with Crippen molar-refractivity contribution in [2.24, 2.45) is 0 Å². The van der Waals surface area contributed by atoms with Crippen LogP contribution in [0.15, 0.2) is 60.9 Å². The quantitative estimate of drug-likeness (QED) is 0.708. The number of carbonyl (C=O) groups excluding carboxylic acids is 2. The molecule has 0 radical (unpaired) electrons. The van der Waals surface area contributed by atoms with E-state index in [1.165, 1.54) is 12.1 Å². The predicted molar refractivity (Wildman–Crippen MR) is 128 cm³/mol. The molecule has 2 saturated heterocycles. The highest BCUT2D eigenvalue weighted by Gasteiger charge is 2.40. The number of hydrazine groups is 1. The van der Waals surface area contributed by atoms with Gasteiger partial charge in [0.2, 0.25) is 5.91 Å². The molecule has 1 N–H and O–H groups in total. The van der Waals surface area contributed by atoms with Crippen molar-refractivity contribution in [3.63, 3.8) is 0 Å². The smallest absolute Gasteiger partial charge is 0.250 e. The van der Waals surface area contributed by atoms with Crippen LogP contribution in [0, 0.1) is 5.82 Å². The van der Waals surface area contributed by atoms with E-state index in [2.05, 4.69) is 10.3 Å². The zero-order valence-electron chi connectivity index (χ0n) is 18.7. The first kappa shape index (κ1) is 22.7. The third-order valence-electron chi connectivity index (χ3n) is 6.72. The highest BCUT2D eigenvalue weighted by molar-refractivity contribution is 6.30. The van der Waals surface area contributed by atoms with Crippen molar-refractivity contribution >= 4 is 29.1 Å². The van der Waals surface area contributed by atoms with Crippen LogP contribution in [0.3, 0.4) is 0 Å². The Morgan fingerprint density at radius 2 is 1.82 bits per heavy atom. The Balaban J connectivity index is 1.11. The van der Waals surface area contributed by atoms with Crippen LogP contribution in [0.25, 0.3) is 0 Å². The highest BCUT2D eigenvalue weighted by atomic mass is 35.5. The fraction of sp³-hybridized carbons (Fsp3) is 0.360. The molecule has 178 valence electrons. The van der Waals surface area contributed by atoms with Gasteiger partial charge in [0.15, 0.2) is 0 Å². The zero-order chi connectivity index (χ0) is 23.7. The number of amides is 2. The van der Waals surface area contributed by atoms with E-state index in [0.29, 0.717) is 31.1 Å². The van der Waals surface area contributed by atoms with Crippen LogP contribution in [0.1, 0.15) is 24.4 Å². The van der Waals surface area contributed by atoms with Gasteiger partial charge in [0.05, 0.1) is 6.04 Å². The summed E-state index contributed by atoms with van der Waals surface area (Å²) in [7, 11) is 0. The Hall–Kier alpha value is -3.10. The van der Waals surface area contributed by atoms with E-state index in [1.807, 2.05) is 40.4 Å². The van der Waals surface area contributed by atoms with E-state index in [9.17, 15) is 14.0 Å². The number of halogens is 2. The normalized spacial score (nSPS) is 22.4. The van der Waals surface area contributed by atoms with E-state index >= 15 is 0 Å². The maximum atomic E-state index is 13.2. The van der Waals surface area contributed by atoms with E-state index < -0.39 is 0 Å². The van der Waals surface area contributed by atoms with Crippen LogP contribution >= 0.6 is 11.6 Å². The van der Waals surface area contributed by atoms with Gasteiger partial charge >= 0.3 is 0 Å². The molecule has 3 aliphatic rings. The van der Waals surface area contributed by atoms with Crippen LogP contribution in [0.5, 0.6) is 0 Å². The van der Waals surface area contributed by atoms with Gasteiger partial charge in [-0.15, -0.1) is 0 Å². The average Bonchev–Trinajstić information content (AvgIpc) is 3.29. The van der Waals surface area contributed by atoms with E-state index in [-0.39, 0.29) is 36.1 Å². The molecule has 9 heteroatoms. The summed E-state index contributed by atoms with van der Waals surface area (Å²) >= 11 is 6.10. The molecule has 2 fully saturated rings. The fourth-order valence-electron chi connectivity index (χ4n) is 4.79. The summed E-state index contributed by atoms with van der Waals surface area (Å²) in [5.41, 5.74) is 5.31. The van der Waals surface area contributed by atoms with Gasteiger partial charge in [0.1, 0.15) is 11.9 Å². The molecule has 0 spiro atoms. The van der Waals surface area contributed by atoms with Gasteiger partial charge in [0.25, 0.3) is 5.91 Å². The average molecular weight is 484 g/mol. The summed E-state index contributed by atoms with van der Waals surface area (Å²) in [5.74, 6) is -0.251. The largest absolute Gasteiger partial charge is 0.368 e. The maximum absolute atomic E-state index is 13.2. The van der Waals surface area contributed by atoms with E-state index in [0.717, 1.165) is 24.3 Å². The summed E-state index contributed by atoms with van der Waals surface area (Å²) in [4.78, 5) is 31.6. The van der Waals surface area contributed by atoms with Gasteiger partial charge in [0, 0.05) is 62.3 Å². The summed E-state index contributed by atoms with van der Waals surface area (Å²) in [6.07, 6.45) is 4.44. The number of rotatable bonds is 5. The minimum Gasteiger partial charge on any atom is -0.368 e. The molecular formula is C25H27ClFN5O2. The Kier molecular flexibility index (Phi) is 6.43. The number of piperazine rings is 1. The van der Waals surface area contributed by atoms with Gasteiger partial charge in [-0.2, -0.15) is 0 Å². The van der Waals surface area contributed by atoms with Gasteiger partial charge < -0.3 is 19.7 Å². The molecule has 2 aromatic carbocycles. The minimum absolute atomic E-state index is 0.0295. The number of anilines is 1. The van der Waals surface area contributed by atoms with Crippen LogP contribution in [-0.4, -0.2) is 65.4 Å². The van der Waals surface area contributed by atoms with Gasteiger partial charge in [-0.25, -0.2) is 9.82 Å². The number of fused-ring (bicyclic) bond motifs is 1. The second-order valence-corrected chi connectivity index (χ2v) is 9.26. The van der Waals surface area contributed by atoms with Gasteiger partial charge in [-0.3, -0.25) is 9.59 Å². The van der Waals surface area contributed by atoms with Crippen molar-refractivity contribution in [2.45, 2.75) is 24.9 Å². The van der Waals surface area contributed by atoms with Crippen molar-refractivity contribution < 1.29 is 14.0 Å². The maximum Gasteiger partial charge on any atom is 0.250 e. The molecule has 0 aromatic heterocycles. The number of hydrogen-bond acceptors (Lipinski definition) is 5. The first-order valence-corrected chi connectivity index (χ1v) is 11.9. The lowest BCUT2D eigenvalue weighted by atomic mass is 10.0. The lowest BCUT2D eigenvalue weighted by molar-refractivity contribution is -0.136. The molecule has 0 bridgehead atoms. The van der Waals surface area contributed by atoms with Crippen molar-refractivity contribution in [1.29, 1.82) is 0 Å². The molecule has 0 aliphatic carbocycles. The Bertz CT molecular complexity index is 1090. The molecule has 2 atom stereocenters. The number of hydrogen-bond donors (Lipinski definition) is 1. The van der Waals surface area contributed by atoms with E-state index in [4.69, 9.17) is 11.6 Å². The molecule has 2 aromatic rings. The number of carbonyl (C=O) groups is 2. The zero-order valence-corrected chi connectivity index (χ0v) is 19.5. The Morgan fingerprint density at radius 3 is 2.56 bits per heavy atom. The standard InChI is InChI=1S/C25H27ClFN5O2/c26-19-2-1-3-21(16-19)29-10-12-30(13-11-29)24(33)8-9-31-14-15-32-23(25(31)34)17-22(28-32)18-4-6-20(27)7-5-18/h1-7,14-16,22-23,28H,8-13,17H2. The number of benzene rings is 2. The van der Waals surface area contributed by atoms with Crippen molar-refractivity contribution in [3.8, 4) is 0 Å². The third kappa shape index (κ3) is 4.74. The molecule has 2 unspecified atom stereocenters.